The molecular formula is C10H9BrN2O6. The van der Waals surface area contributed by atoms with Crippen molar-refractivity contribution in [3.8, 4) is 5.75 Å². The number of methoxy groups -OCH3 is 1. The topological polar surface area (TPSA) is 119 Å². The molecule has 102 valence electrons. The Hall–Kier alpha value is -2.16. The van der Waals surface area contributed by atoms with E-state index in [0.29, 0.717) is 0 Å². The molecule has 0 atom stereocenters. The molecule has 0 spiro atoms. The first-order chi connectivity index (χ1) is 8.79. The van der Waals surface area contributed by atoms with Crippen molar-refractivity contribution in [1.29, 1.82) is 0 Å². The van der Waals surface area contributed by atoms with Crippen molar-refractivity contribution in [3.63, 3.8) is 0 Å². The number of carbonyl (C=O) groups is 2. The number of nitro benzene ring substituents is 1. The molecule has 2 N–H and O–H groups in total. The molecule has 0 bridgehead atoms. The Morgan fingerprint density at radius 2 is 2.11 bits per heavy atom. The minimum atomic E-state index is -0.935. The Morgan fingerprint density at radius 1 is 1.53 bits per heavy atom. The molecule has 1 aromatic rings. The summed E-state index contributed by atoms with van der Waals surface area (Å²) in [7, 11) is 1.07. The summed E-state index contributed by atoms with van der Waals surface area (Å²) in [6.07, 6.45) is 0. The van der Waals surface area contributed by atoms with Gasteiger partial charge in [0.05, 0.1) is 12.0 Å². The third kappa shape index (κ3) is 2.99. The molecule has 0 aliphatic heterocycles. The summed E-state index contributed by atoms with van der Waals surface area (Å²) in [5.74, 6) is -2.37. The quantitative estimate of drug-likeness (QED) is 0.495. The first-order valence-electron chi connectivity index (χ1n) is 4.85. The van der Waals surface area contributed by atoms with Gasteiger partial charge in [0.25, 0.3) is 0 Å². The molecule has 0 aliphatic carbocycles. The number of amides is 1. The van der Waals surface area contributed by atoms with Crippen LogP contribution in [0.15, 0.2) is 10.5 Å². The molecule has 1 aromatic carbocycles. The largest absolute Gasteiger partial charge is 0.501 e. The summed E-state index contributed by atoms with van der Waals surface area (Å²) in [6.45, 7) is 1.15. The third-order valence-corrected chi connectivity index (χ3v) is 2.74. The first kappa shape index (κ1) is 14.9. The van der Waals surface area contributed by atoms with Crippen LogP contribution >= 0.6 is 15.9 Å². The van der Waals surface area contributed by atoms with Gasteiger partial charge < -0.3 is 15.2 Å². The molecule has 0 saturated carbocycles. The fraction of sp³-hybridized carbons (Fsp3) is 0.200. The number of aromatic hydroxyl groups is 1. The molecule has 0 saturated heterocycles. The van der Waals surface area contributed by atoms with E-state index in [2.05, 4.69) is 26.0 Å². The molecule has 1 rings (SSSR count). The lowest BCUT2D eigenvalue weighted by Gasteiger charge is -2.10. The molecule has 8 nitrogen and oxygen atoms in total. The van der Waals surface area contributed by atoms with Gasteiger partial charge in [0.15, 0.2) is 0 Å². The molecule has 0 unspecified atom stereocenters. The number of carbonyl (C=O) groups excluding carboxylic acids is 2. The van der Waals surface area contributed by atoms with Gasteiger partial charge in [-0.1, -0.05) is 0 Å². The molecular weight excluding hydrogens is 324 g/mol. The Labute approximate surface area is 115 Å². The van der Waals surface area contributed by atoms with Crippen LogP contribution in [0, 0.1) is 10.1 Å². The number of rotatable bonds is 3. The summed E-state index contributed by atoms with van der Waals surface area (Å²) in [4.78, 5) is 32.4. The zero-order chi connectivity index (χ0) is 14.7. The Balaban J connectivity index is 3.59. The van der Waals surface area contributed by atoms with Crippen LogP contribution in [0.2, 0.25) is 0 Å². The van der Waals surface area contributed by atoms with Crippen LogP contribution in [0.3, 0.4) is 0 Å². The number of phenols is 1. The predicted octanol–water partition coefficient (Wildman–Crippen LogP) is 1.81. The number of hydrogen-bond acceptors (Lipinski definition) is 6. The van der Waals surface area contributed by atoms with Crippen molar-refractivity contribution < 1.29 is 24.4 Å². The van der Waals surface area contributed by atoms with E-state index in [1.165, 1.54) is 0 Å². The summed E-state index contributed by atoms with van der Waals surface area (Å²) in [6, 6.07) is 1.12. The van der Waals surface area contributed by atoms with Crippen molar-refractivity contribution in [1.82, 2.24) is 0 Å². The molecule has 0 aromatic heterocycles. The summed E-state index contributed by atoms with van der Waals surface area (Å²) in [5, 5.41) is 22.9. The third-order valence-electron chi connectivity index (χ3n) is 2.12. The average molecular weight is 333 g/mol. The Bertz CT molecular complexity index is 572. The van der Waals surface area contributed by atoms with E-state index in [-0.39, 0.29) is 15.7 Å². The highest BCUT2D eigenvalue weighted by molar-refractivity contribution is 9.10. The van der Waals surface area contributed by atoms with E-state index >= 15 is 0 Å². The van der Waals surface area contributed by atoms with Crippen LogP contribution in [0.1, 0.15) is 17.3 Å². The zero-order valence-electron chi connectivity index (χ0n) is 9.89. The lowest BCUT2D eigenvalue weighted by atomic mass is 10.1. The van der Waals surface area contributed by atoms with Crippen LogP contribution in [0.5, 0.6) is 5.75 Å². The van der Waals surface area contributed by atoms with E-state index in [0.717, 1.165) is 20.1 Å². The molecule has 1 amide bonds. The van der Waals surface area contributed by atoms with Crippen LogP contribution in [-0.2, 0) is 9.53 Å². The second-order valence-corrected chi connectivity index (χ2v) is 4.26. The highest BCUT2D eigenvalue weighted by Crippen LogP contribution is 2.42. The zero-order valence-corrected chi connectivity index (χ0v) is 11.5. The van der Waals surface area contributed by atoms with Gasteiger partial charge in [-0.15, -0.1) is 0 Å². The van der Waals surface area contributed by atoms with Gasteiger partial charge >= 0.3 is 11.7 Å². The maximum absolute atomic E-state index is 11.4. The van der Waals surface area contributed by atoms with Crippen LogP contribution in [0.25, 0.3) is 0 Å². The number of nitro groups is 1. The number of hydrogen-bond donors (Lipinski definition) is 2. The fourth-order valence-corrected chi connectivity index (χ4v) is 1.88. The average Bonchev–Trinajstić information content (AvgIpc) is 2.31. The van der Waals surface area contributed by atoms with Crippen molar-refractivity contribution >= 4 is 39.2 Å². The summed E-state index contributed by atoms with van der Waals surface area (Å²) >= 11 is 2.99. The Morgan fingerprint density at radius 3 is 2.53 bits per heavy atom. The molecule has 0 radical (unpaired) electrons. The van der Waals surface area contributed by atoms with Gasteiger partial charge in [-0.3, -0.25) is 14.9 Å². The molecule has 0 aliphatic rings. The standard InChI is InChI=1S/C10H9BrN2O6/c1-4(14)12-7-6(11)3-5(10(16)19-2)9(15)8(7)13(17)18/h3,15H,1-2H3,(H,12,14). The fourth-order valence-electron chi connectivity index (χ4n) is 1.36. The number of halogens is 1. The molecule has 9 heteroatoms. The maximum atomic E-state index is 11.4. The number of phenolic OH excluding ortho intramolecular Hbond substituents is 1. The Kier molecular flexibility index (Phi) is 4.43. The van der Waals surface area contributed by atoms with E-state index < -0.39 is 28.2 Å². The predicted molar refractivity (Wildman–Crippen MR) is 68.1 cm³/mol. The smallest absolute Gasteiger partial charge is 0.341 e. The van der Waals surface area contributed by atoms with Gasteiger partial charge in [-0.05, 0) is 22.0 Å². The van der Waals surface area contributed by atoms with Gasteiger partial charge in [0, 0.05) is 11.4 Å². The minimum Gasteiger partial charge on any atom is -0.501 e. The number of anilines is 1. The first-order valence-corrected chi connectivity index (χ1v) is 5.64. The number of nitrogens with one attached hydrogen (secondary N) is 1. The van der Waals surface area contributed by atoms with Gasteiger partial charge in [-0.25, -0.2) is 4.79 Å². The van der Waals surface area contributed by atoms with E-state index in [1.807, 2.05) is 0 Å². The van der Waals surface area contributed by atoms with Crippen molar-refractivity contribution in [2.75, 3.05) is 12.4 Å². The number of esters is 1. The molecule has 0 fully saturated rings. The van der Waals surface area contributed by atoms with Crippen LogP contribution < -0.4 is 5.32 Å². The van der Waals surface area contributed by atoms with Gasteiger partial charge in [-0.2, -0.15) is 0 Å². The monoisotopic (exact) mass is 332 g/mol. The van der Waals surface area contributed by atoms with Crippen molar-refractivity contribution in [3.05, 3.63) is 26.2 Å². The van der Waals surface area contributed by atoms with Gasteiger partial charge in [0.2, 0.25) is 11.7 Å². The highest BCUT2D eigenvalue weighted by Gasteiger charge is 2.29. The molecule has 19 heavy (non-hydrogen) atoms. The lowest BCUT2D eigenvalue weighted by molar-refractivity contribution is -0.385. The number of benzene rings is 1. The van der Waals surface area contributed by atoms with E-state index in [1.54, 1.807) is 0 Å². The normalized spacial score (nSPS) is 9.84. The minimum absolute atomic E-state index is 0.0765. The summed E-state index contributed by atoms with van der Waals surface area (Å²) < 4.78 is 4.47. The van der Waals surface area contributed by atoms with E-state index in [4.69, 9.17) is 0 Å². The van der Waals surface area contributed by atoms with E-state index in [9.17, 15) is 24.8 Å². The second kappa shape index (κ2) is 5.65. The van der Waals surface area contributed by atoms with Crippen LogP contribution in [-0.4, -0.2) is 29.0 Å². The second-order valence-electron chi connectivity index (χ2n) is 3.41. The number of nitrogens with zero attached hydrogens (tertiary/aromatic N) is 1. The van der Waals surface area contributed by atoms with Gasteiger partial charge in [0.1, 0.15) is 11.3 Å². The lowest BCUT2D eigenvalue weighted by Crippen LogP contribution is -2.11. The SMILES string of the molecule is COC(=O)c1cc(Br)c(NC(C)=O)c([N+](=O)[O-])c1O. The van der Waals surface area contributed by atoms with Crippen molar-refractivity contribution in [2.45, 2.75) is 6.92 Å². The van der Waals surface area contributed by atoms with Crippen molar-refractivity contribution in [2.24, 2.45) is 0 Å². The highest BCUT2D eigenvalue weighted by atomic mass is 79.9. The van der Waals surface area contributed by atoms with Crippen LogP contribution in [0.4, 0.5) is 11.4 Å². The number of ether oxygens (including phenoxy) is 1. The maximum Gasteiger partial charge on any atom is 0.341 e. The summed E-state index contributed by atoms with van der Waals surface area (Å²) in [5.41, 5.74) is -1.40. The molecule has 0 heterocycles.